The number of aliphatic carboxylic acids is 1. The fraction of sp³-hybridized carbons (Fsp3) is 0.462. The molecule has 94 valence electrons. The van der Waals surface area contributed by atoms with E-state index in [1.165, 1.54) is 0 Å². The first-order valence-electron chi connectivity index (χ1n) is 5.67. The summed E-state index contributed by atoms with van der Waals surface area (Å²) in [4.78, 5) is 11.3. The third kappa shape index (κ3) is 3.37. The van der Waals surface area contributed by atoms with Crippen molar-refractivity contribution in [2.45, 2.75) is 32.2 Å². The normalized spacial score (nSPS) is 13.8. The maximum atomic E-state index is 11.3. The number of ether oxygens (including phenoxy) is 1. The van der Waals surface area contributed by atoms with Crippen molar-refractivity contribution in [3.05, 3.63) is 24.3 Å². The molecule has 0 aliphatic heterocycles. The molecule has 0 radical (unpaired) electrons. The lowest BCUT2D eigenvalue weighted by molar-refractivity contribution is -0.141. The summed E-state index contributed by atoms with van der Waals surface area (Å²) in [7, 11) is 1.60. The molecule has 0 bridgehead atoms. The van der Waals surface area contributed by atoms with E-state index in [2.05, 4.69) is 5.32 Å². The van der Waals surface area contributed by atoms with Crippen LogP contribution in [0.15, 0.2) is 24.3 Å². The predicted molar refractivity (Wildman–Crippen MR) is 67.6 cm³/mol. The molecule has 1 atom stereocenters. The van der Waals surface area contributed by atoms with Crippen molar-refractivity contribution < 1.29 is 14.6 Å². The van der Waals surface area contributed by atoms with Crippen LogP contribution in [0.25, 0.3) is 0 Å². The summed E-state index contributed by atoms with van der Waals surface area (Å²) in [6, 6.07) is 7.23. The van der Waals surface area contributed by atoms with Gasteiger partial charge in [0, 0.05) is 5.69 Å². The van der Waals surface area contributed by atoms with Crippen molar-refractivity contribution in [3.63, 3.8) is 0 Å². The Bertz CT molecular complexity index is 375. The number of benzene rings is 1. The van der Waals surface area contributed by atoms with Crippen LogP contribution in [0.3, 0.4) is 0 Å². The van der Waals surface area contributed by atoms with Crippen LogP contribution in [0.5, 0.6) is 5.75 Å². The zero-order chi connectivity index (χ0) is 12.9. The highest BCUT2D eigenvalue weighted by atomic mass is 16.5. The quantitative estimate of drug-likeness (QED) is 0.798. The molecule has 0 fully saturated rings. The van der Waals surface area contributed by atoms with Crippen LogP contribution < -0.4 is 10.1 Å². The van der Waals surface area contributed by atoms with Crippen LogP contribution in [0.4, 0.5) is 5.69 Å². The van der Waals surface area contributed by atoms with Crippen LogP contribution in [-0.4, -0.2) is 23.7 Å². The molecule has 0 amide bonds. The van der Waals surface area contributed by atoms with Gasteiger partial charge < -0.3 is 15.2 Å². The summed E-state index contributed by atoms with van der Waals surface area (Å²) in [5.41, 5.74) is -0.146. The topological polar surface area (TPSA) is 58.6 Å². The molecule has 0 heterocycles. The van der Waals surface area contributed by atoms with E-state index in [0.29, 0.717) is 6.42 Å². The summed E-state index contributed by atoms with van der Waals surface area (Å²) in [5, 5.41) is 12.3. The molecule has 4 heteroatoms. The predicted octanol–water partition coefficient (Wildman–Crippen LogP) is 2.75. The number of hydrogen-bond donors (Lipinski definition) is 2. The van der Waals surface area contributed by atoms with E-state index >= 15 is 0 Å². The van der Waals surface area contributed by atoms with Gasteiger partial charge in [-0.25, -0.2) is 4.79 Å². The Labute approximate surface area is 102 Å². The van der Waals surface area contributed by atoms with E-state index in [9.17, 15) is 9.90 Å². The smallest absolute Gasteiger partial charge is 0.329 e. The van der Waals surface area contributed by atoms with Gasteiger partial charge in [0.2, 0.25) is 0 Å². The maximum absolute atomic E-state index is 11.3. The molecular weight excluding hydrogens is 218 g/mol. The molecule has 0 aliphatic rings. The second-order valence-corrected chi connectivity index (χ2v) is 4.24. The highest BCUT2D eigenvalue weighted by Gasteiger charge is 2.31. The Kier molecular flexibility index (Phi) is 4.37. The zero-order valence-electron chi connectivity index (χ0n) is 10.5. The van der Waals surface area contributed by atoms with Crippen molar-refractivity contribution >= 4 is 11.7 Å². The first-order chi connectivity index (χ1) is 8.01. The van der Waals surface area contributed by atoms with E-state index < -0.39 is 11.5 Å². The van der Waals surface area contributed by atoms with Crippen LogP contribution in [-0.2, 0) is 4.79 Å². The second kappa shape index (κ2) is 5.57. The average molecular weight is 237 g/mol. The monoisotopic (exact) mass is 237 g/mol. The Morgan fingerprint density at radius 1 is 1.41 bits per heavy atom. The van der Waals surface area contributed by atoms with Crippen molar-refractivity contribution in [3.8, 4) is 5.75 Å². The van der Waals surface area contributed by atoms with E-state index in [0.717, 1.165) is 17.9 Å². The standard InChI is InChI=1S/C13H19NO3/c1-4-9-13(2,12(15)16)14-10-5-7-11(17-3)8-6-10/h5-8,14H,4,9H2,1-3H3,(H,15,16). The highest BCUT2D eigenvalue weighted by molar-refractivity contribution is 5.82. The molecule has 1 aromatic rings. The SMILES string of the molecule is CCCC(C)(Nc1ccc(OC)cc1)C(=O)O. The first kappa shape index (κ1) is 13.4. The number of carboxylic acid groups (broad SMARTS) is 1. The van der Waals surface area contributed by atoms with Gasteiger partial charge in [0.1, 0.15) is 11.3 Å². The van der Waals surface area contributed by atoms with Gasteiger partial charge in [-0.3, -0.25) is 0 Å². The number of anilines is 1. The lowest BCUT2D eigenvalue weighted by Gasteiger charge is -2.27. The number of hydrogen-bond acceptors (Lipinski definition) is 3. The minimum atomic E-state index is -0.927. The summed E-state index contributed by atoms with van der Waals surface area (Å²) in [6.45, 7) is 3.67. The fourth-order valence-electron chi connectivity index (χ4n) is 1.72. The minimum Gasteiger partial charge on any atom is -0.497 e. The van der Waals surface area contributed by atoms with Gasteiger partial charge in [-0.2, -0.15) is 0 Å². The number of carbonyl (C=O) groups is 1. The zero-order valence-corrected chi connectivity index (χ0v) is 10.5. The lowest BCUT2D eigenvalue weighted by Crippen LogP contribution is -2.43. The van der Waals surface area contributed by atoms with Gasteiger partial charge in [-0.05, 0) is 37.6 Å². The number of methoxy groups -OCH3 is 1. The number of rotatable bonds is 6. The molecule has 0 aliphatic carbocycles. The number of carboxylic acids is 1. The molecule has 0 saturated carbocycles. The Morgan fingerprint density at radius 2 is 2.00 bits per heavy atom. The Balaban J connectivity index is 2.82. The van der Waals surface area contributed by atoms with E-state index in [1.807, 2.05) is 19.1 Å². The van der Waals surface area contributed by atoms with E-state index in [1.54, 1.807) is 26.2 Å². The van der Waals surface area contributed by atoms with E-state index in [-0.39, 0.29) is 0 Å². The highest BCUT2D eigenvalue weighted by Crippen LogP contribution is 2.22. The molecule has 0 aromatic heterocycles. The third-order valence-corrected chi connectivity index (χ3v) is 2.73. The summed E-state index contributed by atoms with van der Waals surface area (Å²) in [5.74, 6) is -0.0850. The molecule has 17 heavy (non-hydrogen) atoms. The molecule has 1 rings (SSSR count). The molecule has 0 saturated heterocycles. The summed E-state index contributed by atoms with van der Waals surface area (Å²) < 4.78 is 5.05. The Hall–Kier alpha value is -1.71. The summed E-state index contributed by atoms with van der Waals surface area (Å²) in [6.07, 6.45) is 1.39. The fourth-order valence-corrected chi connectivity index (χ4v) is 1.72. The van der Waals surface area contributed by atoms with Crippen molar-refractivity contribution in [1.82, 2.24) is 0 Å². The molecule has 1 unspecified atom stereocenters. The van der Waals surface area contributed by atoms with Crippen LogP contribution in [0.1, 0.15) is 26.7 Å². The first-order valence-corrected chi connectivity index (χ1v) is 5.67. The Morgan fingerprint density at radius 3 is 2.41 bits per heavy atom. The van der Waals surface area contributed by atoms with Crippen LogP contribution in [0.2, 0.25) is 0 Å². The van der Waals surface area contributed by atoms with Crippen molar-refractivity contribution in [2.24, 2.45) is 0 Å². The van der Waals surface area contributed by atoms with Gasteiger partial charge >= 0.3 is 5.97 Å². The minimum absolute atomic E-state index is 0.578. The van der Waals surface area contributed by atoms with Crippen molar-refractivity contribution in [2.75, 3.05) is 12.4 Å². The van der Waals surface area contributed by atoms with Gasteiger partial charge in [0.25, 0.3) is 0 Å². The van der Waals surface area contributed by atoms with Crippen LogP contribution >= 0.6 is 0 Å². The van der Waals surface area contributed by atoms with Crippen LogP contribution in [0, 0.1) is 0 Å². The van der Waals surface area contributed by atoms with Gasteiger partial charge in [-0.15, -0.1) is 0 Å². The lowest BCUT2D eigenvalue weighted by atomic mass is 9.96. The maximum Gasteiger partial charge on any atom is 0.329 e. The van der Waals surface area contributed by atoms with Gasteiger partial charge in [0.05, 0.1) is 7.11 Å². The van der Waals surface area contributed by atoms with Crippen molar-refractivity contribution in [1.29, 1.82) is 0 Å². The number of nitrogens with one attached hydrogen (secondary N) is 1. The second-order valence-electron chi connectivity index (χ2n) is 4.24. The molecule has 0 spiro atoms. The summed E-state index contributed by atoms with van der Waals surface area (Å²) >= 11 is 0. The average Bonchev–Trinajstić information content (AvgIpc) is 2.30. The molecule has 2 N–H and O–H groups in total. The van der Waals surface area contributed by atoms with E-state index in [4.69, 9.17) is 4.74 Å². The van der Waals surface area contributed by atoms with Gasteiger partial charge in [-0.1, -0.05) is 13.3 Å². The molecule has 4 nitrogen and oxygen atoms in total. The largest absolute Gasteiger partial charge is 0.497 e. The molecular formula is C13H19NO3. The van der Waals surface area contributed by atoms with Gasteiger partial charge in [0.15, 0.2) is 0 Å². The molecule has 1 aromatic carbocycles. The third-order valence-electron chi connectivity index (χ3n) is 2.73.